The molecular weight excluding hydrogens is 344 g/mol. The number of hydrogen-bond acceptors (Lipinski definition) is 3. The summed E-state index contributed by atoms with van der Waals surface area (Å²) in [5.74, 6) is 0. The average molecular weight is 360 g/mol. The van der Waals surface area contributed by atoms with E-state index < -0.39 is 0 Å². The van der Waals surface area contributed by atoms with Crippen molar-refractivity contribution in [1.82, 2.24) is 9.97 Å². The van der Waals surface area contributed by atoms with Crippen molar-refractivity contribution in [3.8, 4) is 11.3 Å². The Morgan fingerprint density at radius 1 is 0.714 bits per heavy atom. The molecule has 0 saturated heterocycles. The molecule has 0 spiro atoms. The van der Waals surface area contributed by atoms with E-state index in [1.54, 1.807) is 6.33 Å². The lowest BCUT2D eigenvalue weighted by molar-refractivity contribution is 0.670. The van der Waals surface area contributed by atoms with Gasteiger partial charge in [-0.3, -0.25) is 0 Å². The highest BCUT2D eigenvalue weighted by Crippen LogP contribution is 2.38. The van der Waals surface area contributed by atoms with Gasteiger partial charge in [-0.25, -0.2) is 9.97 Å². The number of aryl methyl sites for hydroxylation is 1. The second-order valence-corrected chi connectivity index (χ2v) is 7.14. The second kappa shape index (κ2) is 5.64. The van der Waals surface area contributed by atoms with Crippen molar-refractivity contribution in [2.45, 2.75) is 6.92 Å². The van der Waals surface area contributed by atoms with Crippen molar-refractivity contribution >= 4 is 43.6 Å². The first-order valence-electron chi connectivity index (χ1n) is 9.35. The Hall–Kier alpha value is -3.72. The molecule has 3 nitrogen and oxygen atoms in total. The van der Waals surface area contributed by atoms with Gasteiger partial charge >= 0.3 is 0 Å². The molecule has 0 unspecified atom stereocenters. The van der Waals surface area contributed by atoms with E-state index in [0.29, 0.717) is 0 Å². The molecule has 132 valence electrons. The maximum absolute atomic E-state index is 6.24. The smallest absolute Gasteiger partial charge is 0.144 e. The van der Waals surface area contributed by atoms with E-state index in [4.69, 9.17) is 4.42 Å². The van der Waals surface area contributed by atoms with Crippen LogP contribution >= 0.6 is 0 Å². The van der Waals surface area contributed by atoms with Crippen LogP contribution in [0.15, 0.2) is 83.5 Å². The van der Waals surface area contributed by atoms with Crippen molar-refractivity contribution in [1.29, 1.82) is 0 Å². The highest BCUT2D eigenvalue weighted by atomic mass is 16.3. The maximum atomic E-state index is 6.24. The molecule has 4 aromatic carbocycles. The number of rotatable bonds is 1. The van der Waals surface area contributed by atoms with Crippen molar-refractivity contribution in [2.75, 3.05) is 0 Å². The van der Waals surface area contributed by atoms with Crippen molar-refractivity contribution in [3.05, 3.63) is 84.7 Å². The Morgan fingerprint density at radius 2 is 1.57 bits per heavy atom. The van der Waals surface area contributed by atoms with Gasteiger partial charge in [0.2, 0.25) is 0 Å². The van der Waals surface area contributed by atoms with Crippen molar-refractivity contribution in [2.24, 2.45) is 0 Å². The molecule has 0 aliphatic rings. The zero-order valence-electron chi connectivity index (χ0n) is 15.3. The topological polar surface area (TPSA) is 38.9 Å². The predicted molar refractivity (Wildman–Crippen MR) is 114 cm³/mol. The first-order chi connectivity index (χ1) is 13.8. The summed E-state index contributed by atoms with van der Waals surface area (Å²) in [4.78, 5) is 9.30. The first-order valence-corrected chi connectivity index (χ1v) is 9.35. The number of para-hydroxylation sites is 2. The van der Waals surface area contributed by atoms with Crippen LogP contribution in [-0.2, 0) is 0 Å². The van der Waals surface area contributed by atoms with E-state index in [1.165, 1.54) is 16.3 Å². The second-order valence-electron chi connectivity index (χ2n) is 7.14. The minimum atomic E-state index is 0.869. The summed E-state index contributed by atoms with van der Waals surface area (Å²) in [6.07, 6.45) is 1.66. The van der Waals surface area contributed by atoms with Crippen LogP contribution < -0.4 is 0 Å². The van der Waals surface area contributed by atoms with Gasteiger partial charge < -0.3 is 4.42 Å². The molecule has 0 atom stereocenters. The third-order valence-corrected chi connectivity index (χ3v) is 5.51. The Morgan fingerprint density at radius 3 is 2.54 bits per heavy atom. The number of fused-ring (bicyclic) bond motifs is 6. The van der Waals surface area contributed by atoms with Crippen LogP contribution in [0.4, 0.5) is 0 Å². The van der Waals surface area contributed by atoms with E-state index in [2.05, 4.69) is 71.5 Å². The largest absolute Gasteiger partial charge is 0.455 e. The maximum Gasteiger partial charge on any atom is 0.144 e. The van der Waals surface area contributed by atoms with Gasteiger partial charge in [0, 0.05) is 27.1 Å². The van der Waals surface area contributed by atoms with Crippen LogP contribution in [0, 0.1) is 6.92 Å². The molecule has 6 aromatic rings. The van der Waals surface area contributed by atoms with E-state index in [0.717, 1.165) is 44.1 Å². The van der Waals surface area contributed by atoms with E-state index in [9.17, 15) is 0 Å². The number of hydrogen-bond donors (Lipinski definition) is 0. The van der Waals surface area contributed by atoms with Gasteiger partial charge in [-0.1, -0.05) is 54.6 Å². The molecule has 0 saturated carbocycles. The van der Waals surface area contributed by atoms with Crippen LogP contribution in [0.25, 0.3) is 54.9 Å². The highest BCUT2D eigenvalue weighted by molar-refractivity contribution is 6.14. The lowest BCUT2D eigenvalue weighted by atomic mass is 9.98. The molecule has 0 aliphatic heterocycles. The number of aromatic nitrogens is 2. The summed E-state index contributed by atoms with van der Waals surface area (Å²) >= 11 is 0. The quantitative estimate of drug-likeness (QED) is 0.308. The number of furan rings is 1. The molecule has 6 rings (SSSR count). The summed E-state index contributed by atoms with van der Waals surface area (Å²) in [7, 11) is 0. The summed E-state index contributed by atoms with van der Waals surface area (Å²) in [6.45, 7) is 2.13. The summed E-state index contributed by atoms with van der Waals surface area (Å²) in [5.41, 5.74) is 5.86. The Kier molecular flexibility index (Phi) is 3.09. The fourth-order valence-corrected chi connectivity index (χ4v) is 4.23. The van der Waals surface area contributed by atoms with Gasteiger partial charge in [-0.05, 0) is 36.1 Å². The van der Waals surface area contributed by atoms with Crippen molar-refractivity contribution < 1.29 is 4.42 Å². The Bertz CT molecular complexity index is 1530. The third kappa shape index (κ3) is 2.04. The van der Waals surface area contributed by atoms with Gasteiger partial charge in [0.15, 0.2) is 0 Å². The zero-order valence-corrected chi connectivity index (χ0v) is 15.3. The fraction of sp³-hybridized carbons (Fsp3) is 0.0400. The normalized spacial score (nSPS) is 11.8. The molecule has 3 heteroatoms. The number of nitrogens with zero attached hydrogens (tertiary/aromatic N) is 2. The molecule has 28 heavy (non-hydrogen) atoms. The fourth-order valence-electron chi connectivity index (χ4n) is 4.23. The number of benzene rings is 4. The van der Waals surface area contributed by atoms with Gasteiger partial charge in [0.1, 0.15) is 17.5 Å². The molecule has 2 heterocycles. The zero-order chi connectivity index (χ0) is 18.7. The first kappa shape index (κ1) is 15.3. The van der Waals surface area contributed by atoms with Crippen molar-refractivity contribution in [3.63, 3.8) is 0 Å². The summed E-state index contributed by atoms with van der Waals surface area (Å²) in [6, 6.07) is 25.0. The van der Waals surface area contributed by atoms with E-state index >= 15 is 0 Å². The van der Waals surface area contributed by atoms with Gasteiger partial charge in [0.05, 0.1) is 11.2 Å². The molecule has 0 radical (unpaired) electrons. The van der Waals surface area contributed by atoms with Crippen LogP contribution in [-0.4, -0.2) is 9.97 Å². The Labute approximate surface area is 161 Å². The summed E-state index contributed by atoms with van der Waals surface area (Å²) < 4.78 is 6.24. The molecule has 0 fully saturated rings. The standard InChI is InChI=1S/C25H16N2O/c1-15-6-4-7-16-12-13-19-23(26-14-27-24(19)22(15)16)20-10-5-9-18-17-8-2-3-11-21(17)28-25(18)20/h2-14H,1H3. The molecule has 0 aliphatic carbocycles. The third-order valence-electron chi connectivity index (χ3n) is 5.51. The average Bonchev–Trinajstić information content (AvgIpc) is 3.12. The van der Waals surface area contributed by atoms with Crippen LogP contribution in [0.5, 0.6) is 0 Å². The SMILES string of the molecule is Cc1cccc2ccc3c(-c4cccc5c4oc4ccccc45)ncnc3c12. The summed E-state index contributed by atoms with van der Waals surface area (Å²) in [5, 5.41) is 5.65. The molecule has 0 bridgehead atoms. The highest BCUT2D eigenvalue weighted by Gasteiger charge is 2.16. The van der Waals surface area contributed by atoms with Crippen LogP contribution in [0.1, 0.15) is 5.56 Å². The molecule has 2 aromatic heterocycles. The predicted octanol–water partition coefficient (Wildman–Crippen LogP) is 6.66. The monoisotopic (exact) mass is 360 g/mol. The lowest BCUT2D eigenvalue weighted by Crippen LogP contribution is -1.91. The van der Waals surface area contributed by atoms with Gasteiger partial charge in [-0.15, -0.1) is 0 Å². The van der Waals surface area contributed by atoms with Gasteiger partial charge in [-0.2, -0.15) is 0 Å². The Balaban J connectivity index is 1.75. The van der Waals surface area contributed by atoms with Crippen LogP contribution in [0.3, 0.4) is 0 Å². The van der Waals surface area contributed by atoms with Crippen LogP contribution in [0.2, 0.25) is 0 Å². The minimum Gasteiger partial charge on any atom is -0.455 e. The lowest BCUT2D eigenvalue weighted by Gasteiger charge is -2.10. The molecular formula is C25H16N2O. The molecule has 0 amide bonds. The minimum absolute atomic E-state index is 0.869. The molecule has 0 N–H and O–H groups in total. The van der Waals surface area contributed by atoms with E-state index in [1.807, 2.05) is 18.2 Å². The van der Waals surface area contributed by atoms with E-state index in [-0.39, 0.29) is 0 Å². The van der Waals surface area contributed by atoms with Gasteiger partial charge in [0.25, 0.3) is 0 Å².